The number of aliphatic imine (C=N–C) groups is 1. The summed E-state index contributed by atoms with van der Waals surface area (Å²) in [6.45, 7) is 1.68. The van der Waals surface area contributed by atoms with E-state index in [1.54, 1.807) is 11.3 Å². The zero-order chi connectivity index (χ0) is 10.5. The summed E-state index contributed by atoms with van der Waals surface area (Å²) >= 11 is 1.71. The lowest BCUT2D eigenvalue weighted by Crippen LogP contribution is -2.37. The summed E-state index contributed by atoms with van der Waals surface area (Å²) in [5.41, 5.74) is 5.76. The molecule has 0 bridgehead atoms. The predicted octanol–water partition coefficient (Wildman–Crippen LogP) is 1.95. The summed E-state index contributed by atoms with van der Waals surface area (Å²) in [5.74, 6) is 1.40. The van der Waals surface area contributed by atoms with Crippen LogP contribution in [0.5, 0.6) is 0 Å². The minimum atomic E-state index is 0.579. The van der Waals surface area contributed by atoms with Crippen LogP contribution in [0.2, 0.25) is 0 Å². The van der Waals surface area contributed by atoms with Gasteiger partial charge in [-0.25, -0.2) is 4.99 Å². The summed E-state index contributed by atoms with van der Waals surface area (Å²) in [5, 5.41) is 5.24. The average molecular weight is 223 g/mol. The molecule has 0 saturated heterocycles. The molecule has 0 radical (unpaired) electrons. The second-order valence-electron chi connectivity index (χ2n) is 3.96. The summed E-state index contributed by atoms with van der Waals surface area (Å²) in [6.07, 6.45) is 4.05. The Kier molecular flexibility index (Phi) is 3.61. The SMILES string of the molecule is NC(=NCc1cccs1)NCC1CCC1. The maximum Gasteiger partial charge on any atom is 0.188 e. The van der Waals surface area contributed by atoms with Crippen molar-refractivity contribution in [1.82, 2.24) is 5.32 Å². The summed E-state index contributed by atoms with van der Waals surface area (Å²) in [4.78, 5) is 5.54. The van der Waals surface area contributed by atoms with Crippen LogP contribution in [0.1, 0.15) is 24.1 Å². The highest BCUT2D eigenvalue weighted by Crippen LogP contribution is 2.24. The Balaban J connectivity index is 1.69. The van der Waals surface area contributed by atoms with Crippen LogP contribution >= 0.6 is 11.3 Å². The van der Waals surface area contributed by atoms with Gasteiger partial charge in [0.05, 0.1) is 6.54 Å². The van der Waals surface area contributed by atoms with Gasteiger partial charge < -0.3 is 11.1 Å². The van der Waals surface area contributed by atoms with Gasteiger partial charge >= 0.3 is 0 Å². The molecule has 1 aromatic heterocycles. The van der Waals surface area contributed by atoms with Crippen molar-refractivity contribution >= 4 is 17.3 Å². The monoisotopic (exact) mass is 223 g/mol. The van der Waals surface area contributed by atoms with Gasteiger partial charge in [0, 0.05) is 11.4 Å². The van der Waals surface area contributed by atoms with Gasteiger partial charge in [0.1, 0.15) is 0 Å². The number of rotatable bonds is 4. The molecule has 1 heterocycles. The molecule has 0 amide bonds. The number of nitrogens with one attached hydrogen (secondary N) is 1. The van der Waals surface area contributed by atoms with Crippen LogP contribution in [0.3, 0.4) is 0 Å². The Morgan fingerprint density at radius 3 is 3.07 bits per heavy atom. The van der Waals surface area contributed by atoms with Crippen molar-refractivity contribution in [2.75, 3.05) is 6.54 Å². The Morgan fingerprint density at radius 2 is 2.47 bits per heavy atom. The second-order valence-corrected chi connectivity index (χ2v) is 4.99. The molecule has 0 atom stereocenters. The third kappa shape index (κ3) is 3.23. The van der Waals surface area contributed by atoms with Crippen LogP contribution in [0.25, 0.3) is 0 Å². The van der Waals surface area contributed by atoms with Crippen molar-refractivity contribution in [1.29, 1.82) is 0 Å². The number of thiophene rings is 1. The highest BCUT2D eigenvalue weighted by molar-refractivity contribution is 7.09. The zero-order valence-corrected chi connectivity index (χ0v) is 9.59. The fourth-order valence-corrected chi connectivity index (χ4v) is 2.20. The molecule has 1 saturated carbocycles. The molecule has 0 spiro atoms. The van der Waals surface area contributed by atoms with Gasteiger partial charge in [-0.15, -0.1) is 11.3 Å². The van der Waals surface area contributed by atoms with Crippen molar-refractivity contribution in [2.45, 2.75) is 25.8 Å². The van der Waals surface area contributed by atoms with Crippen LogP contribution in [-0.2, 0) is 6.54 Å². The van der Waals surface area contributed by atoms with Gasteiger partial charge in [-0.05, 0) is 30.2 Å². The van der Waals surface area contributed by atoms with Gasteiger partial charge in [-0.3, -0.25) is 0 Å². The van der Waals surface area contributed by atoms with E-state index in [-0.39, 0.29) is 0 Å². The van der Waals surface area contributed by atoms with Crippen LogP contribution in [0.4, 0.5) is 0 Å². The summed E-state index contributed by atoms with van der Waals surface area (Å²) in [7, 11) is 0. The number of nitrogens with zero attached hydrogens (tertiary/aromatic N) is 1. The molecule has 82 valence electrons. The van der Waals surface area contributed by atoms with Gasteiger partial charge in [0.25, 0.3) is 0 Å². The minimum absolute atomic E-state index is 0.579. The van der Waals surface area contributed by atoms with Crippen LogP contribution < -0.4 is 11.1 Å². The van der Waals surface area contributed by atoms with E-state index in [1.165, 1.54) is 24.1 Å². The molecule has 0 aliphatic heterocycles. The van der Waals surface area contributed by atoms with Crippen molar-refractivity contribution in [3.63, 3.8) is 0 Å². The first-order chi connectivity index (χ1) is 7.34. The van der Waals surface area contributed by atoms with E-state index in [4.69, 9.17) is 5.73 Å². The Bertz CT molecular complexity index is 315. The maximum absolute atomic E-state index is 5.76. The van der Waals surface area contributed by atoms with Crippen molar-refractivity contribution in [3.05, 3.63) is 22.4 Å². The molecule has 1 aliphatic carbocycles. The zero-order valence-electron chi connectivity index (χ0n) is 8.78. The lowest BCUT2D eigenvalue weighted by molar-refractivity contribution is 0.315. The topological polar surface area (TPSA) is 50.4 Å². The molecule has 3 N–H and O–H groups in total. The molecular formula is C11H17N3S. The van der Waals surface area contributed by atoms with Crippen molar-refractivity contribution < 1.29 is 0 Å². The van der Waals surface area contributed by atoms with Crippen molar-refractivity contribution in [2.24, 2.45) is 16.6 Å². The predicted molar refractivity (Wildman–Crippen MR) is 65.0 cm³/mol. The number of nitrogens with two attached hydrogens (primary N) is 1. The molecule has 0 aromatic carbocycles. The lowest BCUT2D eigenvalue weighted by atomic mass is 9.85. The number of hydrogen-bond donors (Lipinski definition) is 2. The smallest absolute Gasteiger partial charge is 0.188 e. The molecule has 1 aliphatic rings. The van der Waals surface area contributed by atoms with Gasteiger partial charge in [0.15, 0.2) is 5.96 Å². The highest BCUT2D eigenvalue weighted by atomic mass is 32.1. The lowest BCUT2D eigenvalue weighted by Gasteiger charge is -2.25. The third-order valence-corrected chi connectivity index (χ3v) is 3.64. The molecule has 1 aromatic rings. The van der Waals surface area contributed by atoms with Crippen molar-refractivity contribution in [3.8, 4) is 0 Å². The van der Waals surface area contributed by atoms with E-state index in [2.05, 4.69) is 21.8 Å². The third-order valence-electron chi connectivity index (χ3n) is 2.78. The highest BCUT2D eigenvalue weighted by Gasteiger charge is 2.16. The molecule has 0 unspecified atom stereocenters. The quantitative estimate of drug-likeness (QED) is 0.605. The first kappa shape index (κ1) is 10.5. The van der Waals surface area contributed by atoms with E-state index in [9.17, 15) is 0 Å². The largest absolute Gasteiger partial charge is 0.370 e. The van der Waals surface area contributed by atoms with E-state index >= 15 is 0 Å². The maximum atomic E-state index is 5.76. The van der Waals surface area contributed by atoms with Gasteiger partial charge in [0.2, 0.25) is 0 Å². The van der Waals surface area contributed by atoms with Gasteiger partial charge in [-0.2, -0.15) is 0 Å². The fourth-order valence-electron chi connectivity index (χ4n) is 1.57. The Labute approximate surface area is 94.4 Å². The molecule has 3 nitrogen and oxygen atoms in total. The minimum Gasteiger partial charge on any atom is -0.370 e. The van der Waals surface area contributed by atoms with Crippen LogP contribution in [0.15, 0.2) is 22.5 Å². The van der Waals surface area contributed by atoms with Crippen LogP contribution in [0, 0.1) is 5.92 Å². The first-order valence-electron chi connectivity index (χ1n) is 5.41. The van der Waals surface area contributed by atoms with E-state index in [1.807, 2.05) is 6.07 Å². The Morgan fingerprint density at radius 1 is 1.60 bits per heavy atom. The second kappa shape index (κ2) is 5.16. The number of guanidine groups is 1. The standard InChI is InChI=1S/C11H17N3S/c12-11(13-7-9-3-1-4-9)14-8-10-5-2-6-15-10/h2,5-6,9H,1,3-4,7-8H2,(H3,12,13,14). The molecule has 2 rings (SSSR count). The molecule has 15 heavy (non-hydrogen) atoms. The van der Waals surface area contributed by atoms with E-state index in [0.717, 1.165) is 12.5 Å². The average Bonchev–Trinajstić information content (AvgIpc) is 2.64. The molecule has 4 heteroatoms. The number of hydrogen-bond acceptors (Lipinski definition) is 2. The molecular weight excluding hydrogens is 206 g/mol. The van der Waals surface area contributed by atoms with Crippen LogP contribution in [-0.4, -0.2) is 12.5 Å². The molecule has 1 fully saturated rings. The summed E-state index contributed by atoms with van der Waals surface area (Å²) < 4.78 is 0. The van der Waals surface area contributed by atoms with E-state index in [0.29, 0.717) is 12.5 Å². The summed E-state index contributed by atoms with van der Waals surface area (Å²) in [6, 6.07) is 4.11. The normalized spacial score (nSPS) is 17.5. The van der Waals surface area contributed by atoms with Gasteiger partial charge in [-0.1, -0.05) is 12.5 Å². The van der Waals surface area contributed by atoms with E-state index < -0.39 is 0 Å². The fraction of sp³-hybridized carbons (Fsp3) is 0.545. The first-order valence-corrected chi connectivity index (χ1v) is 6.29. The Hall–Kier alpha value is -1.03.